The summed E-state index contributed by atoms with van der Waals surface area (Å²) in [6.45, 7) is 5.04. The minimum absolute atomic E-state index is 0.325. The Kier molecular flexibility index (Phi) is 7.35. The average molecular weight is 457 g/mol. The molecule has 0 aromatic heterocycles. The molecule has 3 aromatic carbocycles. The predicted molar refractivity (Wildman–Crippen MR) is 139 cm³/mol. The van der Waals surface area contributed by atoms with Crippen LogP contribution in [0.5, 0.6) is 11.5 Å². The molecule has 2 aliphatic heterocycles. The molecule has 34 heavy (non-hydrogen) atoms. The lowest BCUT2D eigenvalue weighted by Gasteiger charge is -2.40. The third-order valence-corrected chi connectivity index (χ3v) is 7.24. The van der Waals surface area contributed by atoms with E-state index in [1.165, 1.54) is 54.7 Å². The second-order valence-corrected chi connectivity index (χ2v) is 9.46. The second kappa shape index (κ2) is 11.0. The Labute approximate surface area is 204 Å². The number of aryl methyl sites for hydroxylation is 1. The quantitative estimate of drug-likeness (QED) is 0.400. The fraction of sp³-hybridized carbons (Fsp3) is 0.400. The van der Waals surface area contributed by atoms with Crippen molar-refractivity contribution in [3.05, 3.63) is 89.5 Å². The number of ether oxygens (including phenoxy) is 2. The maximum Gasteiger partial charge on any atom is 0.142 e. The molecular formula is C30H36N2O2. The van der Waals surface area contributed by atoms with Crippen molar-refractivity contribution in [1.29, 1.82) is 0 Å². The van der Waals surface area contributed by atoms with Crippen molar-refractivity contribution >= 4 is 5.69 Å². The third kappa shape index (κ3) is 5.23. The molecular weight excluding hydrogens is 420 g/mol. The van der Waals surface area contributed by atoms with Crippen LogP contribution in [0.4, 0.5) is 5.69 Å². The van der Waals surface area contributed by atoms with Crippen LogP contribution < -0.4 is 14.4 Å². The zero-order chi connectivity index (χ0) is 23.2. The van der Waals surface area contributed by atoms with Crippen LogP contribution in [0, 0.1) is 0 Å². The summed E-state index contributed by atoms with van der Waals surface area (Å²) in [5.74, 6) is 1.91. The molecule has 0 spiro atoms. The van der Waals surface area contributed by atoms with Crippen LogP contribution in [0.2, 0.25) is 0 Å². The van der Waals surface area contributed by atoms with Crippen molar-refractivity contribution in [2.24, 2.45) is 0 Å². The van der Waals surface area contributed by atoms with Gasteiger partial charge in [0.05, 0.1) is 18.8 Å². The van der Waals surface area contributed by atoms with E-state index < -0.39 is 0 Å². The number of fused-ring (bicyclic) bond motifs is 1. The lowest BCUT2D eigenvalue weighted by Crippen LogP contribution is -2.33. The summed E-state index contributed by atoms with van der Waals surface area (Å²) in [6, 6.07) is 26.3. The first-order chi connectivity index (χ1) is 16.8. The molecule has 0 saturated carbocycles. The molecule has 0 amide bonds. The monoisotopic (exact) mass is 456 g/mol. The van der Waals surface area contributed by atoms with E-state index in [1.807, 2.05) is 0 Å². The summed E-state index contributed by atoms with van der Waals surface area (Å²) < 4.78 is 11.9. The van der Waals surface area contributed by atoms with Crippen LogP contribution in [-0.2, 0) is 13.0 Å². The number of nitrogens with zero attached hydrogens (tertiary/aromatic N) is 2. The van der Waals surface area contributed by atoms with E-state index in [0.717, 1.165) is 44.0 Å². The molecule has 0 bridgehead atoms. The Morgan fingerprint density at radius 2 is 1.65 bits per heavy atom. The maximum atomic E-state index is 6.06. The fourth-order valence-electron chi connectivity index (χ4n) is 5.44. The van der Waals surface area contributed by atoms with Gasteiger partial charge in [-0.1, -0.05) is 61.0 Å². The van der Waals surface area contributed by atoms with E-state index in [1.54, 1.807) is 7.11 Å². The van der Waals surface area contributed by atoms with Gasteiger partial charge in [-0.25, -0.2) is 0 Å². The molecule has 5 rings (SSSR count). The number of rotatable bonds is 8. The van der Waals surface area contributed by atoms with Gasteiger partial charge in [0.25, 0.3) is 0 Å². The van der Waals surface area contributed by atoms with Crippen molar-refractivity contribution in [3.8, 4) is 11.5 Å². The van der Waals surface area contributed by atoms with Crippen molar-refractivity contribution in [3.63, 3.8) is 0 Å². The van der Waals surface area contributed by atoms with E-state index in [-0.39, 0.29) is 0 Å². The molecule has 2 aliphatic rings. The van der Waals surface area contributed by atoms with Crippen molar-refractivity contribution < 1.29 is 9.47 Å². The van der Waals surface area contributed by atoms with Crippen LogP contribution in [0.1, 0.15) is 48.4 Å². The molecule has 4 heteroatoms. The van der Waals surface area contributed by atoms with Crippen molar-refractivity contribution in [2.75, 3.05) is 38.3 Å². The molecule has 0 N–H and O–H groups in total. The number of anilines is 1. The van der Waals surface area contributed by atoms with Crippen LogP contribution >= 0.6 is 0 Å². The van der Waals surface area contributed by atoms with Gasteiger partial charge in [0, 0.05) is 13.1 Å². The highest BCUT2D eigenvalue weighted by molar-refractivity contribution is 5.67. The van der Waals surface area contributed by atoms with Gasteiger partial charge in [0.1, 0.15) is 18.1 Å². The number of para-hydroxylation sites is 1. The number of hydrogen-bond donors (Lipinski definition) is 0. The zero-order valence-electron chi connectivity index (χ0n) is 20.3. The highest BCUT2D eigenvalue weighted by atomic mass is 16.5. The standard InChI is InChI=1S/C30H36N2O2/c1-33-29-12-8-11-26-15-18-28(25-9-4-2-5-10-25)32(30(26)29)23-24-13-16-27(17-14-24)34-22-21-31-19-6-3-7-20-31/h2,4-5,8-14,16-17,28H,3,6-7,15,18-23H2,1H3. The highest BCUT2D eigenvalue weighted by Crippen LogP contribution is 2.44. The number of piperidine rings is 1. The summed E-state index contributed by atoms with van der Waals surface area (Å²) in [6.07, 6.45) is 6.18. The van der Waals surface area contributed by atoms with E-state index >= 15 is 0 Å². The summed E-state index contributed by atoms with van der Waals surface area (Å²) in [4.78, 5) is 5.04. The summed E-state index contributed by atoms with van der Waals surface area (Å²) >= 11 is 0. The summed E-state index contributed by atoms with van der Waals surface area (Å²) in [5.41, 5.74) is 5.23. The Morgan fingerprint density at radius 1 is 0.853 bits per heavy atom. The first-order valence-corrected chi connectivity index (χ1v) is 12.7. The van der Waals surface area contributed by atoms with E-state index in [2.05, 4.69) is 82.6 Å². The van der Waals surface area contributed by atoms with Gasteiger partial charge in [0.15, 0.2) is 0 Å². The summed E-state index contributed by atoms with van der Waals surface area (Å²) in [5, 5.41) is 0. The van der Waals surface area contributed by atoms with Gasteiger partial charge in [-0.2, -0.15) is 0 Å². The number of benzene rings is 3. The molecule has 1 unspecified atom stereocenters. The van der Waals surface area contributed by atoms with E-state index in [9.17, 15) is 0 Å². The van der Waals surface area contributed by atoms with Crippen LogP contribution in [0.3, 0.4) is 0 Å². The zero-order valence-corrected chi connectivity index (χ0v) is 20.3. The van der Waals surface area contributed by atoms with Crippen molar-refractivity contribution in [2.45, 2.75) is 44.7 Å². The topological polar surface area (TPSA) is 24.9 Å². The Balaban J connectivity index is 1.32. The first-order valence-electron chi connectivity index (χ1n) is 12.7. The normalized spacial score (nSPS) is 18.4. The second-order valence-electron chi connectivity index (χ2n) is 9.46. The minimum Gasteiger partial charge on any atom is -0.495 e. The van der Waals surface area contributed by atoms with Gasteiger partial charge in [-0.3, -0.25) is 4.90 Å². The van der Waals surface area contributed by atoms with Gasteiger partial charge >= 0.3 is 0 Å². The van der Waals surface area contributed by atoms with Crippen molar-refractivity contribution in [1.82, 2.24) is 4.90 Å². The van der Waals surface area contributed by atoms with Crippen LogP contribution in [0.15, 0.2) is 72.8 Å². The molecule has 1 atom stereocenters. The molecule has 0 radical (unpaired) electrons. The van der Waals surface area contributed by atoms with Crippen LogP contribution in [-0.4, -0.2) is 38.3 Å². The van der Waals surface area contributed by atoms with Gasteiger partial charge in [-0.15, -0.1) is 0 Å². The molecule has 3 aromatic rings. The Bertz CT molecular complexity index is 1030. The van der Waals surface area contributed by atoms with Crippen LogP contribution in [0.25, 0.3) is 0 Å². The average Bonchev–Trinajstić information content (AvgIpc) is 2.90. The Morgan fingerprint density at radius 3 is 2.41 bits per heavy atom. The predicted octanol–water partition coefficient (Wildman–Crippen LogP) is 6.25. The smallest absolute Gasteiger partial charge is 0.142 e. The molecule has 0 aliphatic carbocycles. The Hall–Kier alpha value is -2.98. The third-order valence-electron chi connectivity index (χ3n) is 7.24. The lowest BCUT2D eigenvalue weighted by molar-refractivity contribution is 0.183. The lowest BCUT2D eigenvalue weighted by atomic mass is 9.90. The molecule has 4 nitrogen and oxygen atoms in total. The summed E-state index contributed by atoms with van der Waals surface area (Å²) in [7, 11) is 1.77. The SMILES string of the molecule is COc1cccc2c1N(Cc1ccc(OCCN3CCCCC3)cc1)C(c1ccccc1)CC2. The van der Waals surface area contributed by atoms with E-state index in [4.69, 9.17) is 9.47 Å². The molecule has 1 saturated heterocycles. The highest BCUT2D eigenvalue weighted by Gasteiger charge is 2.30. The van der Waals surface area contributed by atoms with E-state index in [0.29, 0.717) is 6.04 Å². The molecule has 2 heterocycles. The first kappa shape index (κ1) is 22.8. The maximum absolute atomic E-state index is 6.06. The number of methoxy groups -OCH3 is 1. The number of likely N-dealkylation sites (tertiary alicyclic amines) is 1. The molecule has 1 fully saturated rings. The number of hydrogen-bond acceptors (Lipinski definition) is 4. The van der Waals surface area contributed by atoms with Gasteiger partial charge in [-0.05, 0) is 73.7 Å². The largest absolute Gasteiger partial charge is 0.495 e. The minimum atomic E-state index is 0.325. The van der Waals surface area contributed by atoms with Gasteiger partial charge in [0.2, 0.25) is 0 Å². The molecule has 178 valence electrons. The fourth-order valence-corrected chi connectivity index (χ4v) is 5.44. The van der Waals surface area contributed by atoms with Gasteiger partial charge < -0.3 is 14.4 Å².